The predicted octanol–water partition coefficient (Wildman–Crippen LogP) is 6.75. The van der Waals surface area contributed by atoms with E-state index < -0.39 is 35.5 Å². The van der Waals surface area contributed by atoms with Gasteiger partial charge in [0.2, 0.25) is 0 Å². The molecule has 1 rings (SSSR count). The van der Waals surface area contributed by atoms with E-state index in [2.05, 4.69) is 12.2 Å². The first-order valence-corrected chi connectivity index (χ1v) is 13.5. The fraction of sp³-hybridized carbons (Fsp3) is 0.630. The lowest BCUT2D eigenvalue weighted by atomic mass is 10.0. The van der Waals surface area contributed by atoms with Crippen LogP contribution in [0.1, 0.15) is 94.3 Å². The van der Waals surface area contributed by atoms with Crippen molar-refractivity contribution < 1.29 is 19.4 Å². The first-order valence-electron chi connectivity index (χ1n) is 12.6. The predicted molar refractivity (Wildman–Crippen MR) is 140 cm³/mol. The molecule has 0 unspecified atom stereocenters. The topological polar surface area (TPSA) is 75.6 Å². The zero-order valence-electron chi connectivity index (χ0n) is 20.4. The molecular formula is C27H41Cl2NO4. The first kappa shape index (κ1) is 30.5. The van der Waals surface area contributed by atoms with Crippen molar-refractivity contribution in [2.24, 2.45) is 0 Å². The molecule has 1 aromatic rings. The molecule has 0 saturated carbocycles. The maximum Gasteiger partial charge on any atom is 0.338 e. The van der Waals surface area contributed by atoms with E-state index in [9.17, 15) is 14.7 Å². The Morgan fingerprint density at radius 2 is 1.50 bits per heavy atom. The summed E-state index contributed by atoms with van der Waals surface area (Å²) < 4.78 is 5.59. The van der Waals surface area contributed by atoms with Crippen LogP contribution in [0.25, 0.3) is 0 Å². The van der Waals surface area contributed by atoms with E-state index in [1.165, 1.54) is 57.8 Å². The molecular weight excluding hydrogens is 473 g/mol. The average molecular weight is 515 g/mol. The molecule has 0 aliphatic heterocycles. The molecule has 0 saturated heterocycles. The minimum atomic E-state index is -1.28. The van der Waals surface area contributed by atoms with Gasteiger partial charge in [-0.3, -0.25) is 4.79 Å². The summed E-state index contributed by atoms with van der Waals surface area (Å²) in [6.45, 7) is 1.81. The fourth-order valence-corrected chi connectivity index (χ4v) is 3.78. The second kappa shape index (κ2) is 19.7. The van der Waals surface area contributed by atoms with Crippen LogP contribution in [-0.2, 0) is 9.53 Å². The Kier molecular flexibility index (Phi) is 17.7. The average Bonchev–Trinajstić information content (AvgIpc) is 2.84. The van der Waals surface area contributed by atoms with Gasteiger partial charge in [0.15, 0.2) is 4.84 Å². The van der Waals surface area contributed by atoms with Gasteiger partial charge >= 0.3 is 5.97 Å². The van der Waals surface area contributed by atoms with Gasteiger partial charge in [-0.25, -0.2) is 4.79 Å². The van der Waals surface area contributed by atoms with Crippen molar-refractivity contribution in [3.8, 4) is 0 Å². The second-order valence-corrected chi connectivity index (χ2v) is 9.68. The first-order chi connectivity index (χ1) is 16.5. The highest BCUT2D eigenvalue weighted by molar-refractivity contribution is 6.53. The van der Waals surface area contributed by atoms with Crippen LogP contribution in [0, 0.1) is 0 Å². The van der Waals surface area contributed by atoms with Crippen LogP contribution in [0.4, 0.5) is 0 Å². The molecule has 2 atom stereocenters. The lowest BCUT2D eigenvalue weighted by molar-refractivity contribution is -0.121. The molecule has 0 aliphatic carbocycles. The third kappa shape index (κ3) is 14.0. The highest BCUT2D eigenvalue weighted by Crippen LogP contribution is 2.14. The van der Waals surface area contributed by atoms with E-state index >= 15 is 0 Å². The van der Waals surface area contributed by atoms with Crippen LogP contribution in [-0.4, -0.2) is 40.6 Å². The van der Waals surface area contributed by atoms with E-state index in [4.69, 9.17) is 27.9 Å². The lowest BCUT2D eigenvalue weighted by Crippen LogP contribution is -2.48. The van der Waals surface area contributed by atoms with Crippen molar-refractivity contribution in [1.82, 2.24) is 5.32 Å². The van der Waals surface area contributed by atoms with E-state index in [0.29, 0.717) is 5.56 Å². The Morgan fingerprint density at radius 1 is 0.941 bits per heavy atom. The molecule has 2 N–H and O–H groups in total. The summed E-state index contributed by atoms with van der Waals surface area (Å²) in [4.78, 5) is 23.2. The zero-order chi connectivity index (χ0) is 25.0. The number of amides is 1. The smallest absolute Gasteiger partial charge is 0.338 e. The van der Waals surface area contributed by atoms with Gasteiger partial charge in [0.25, 0.3) is 5.91 Å². The summed E-state index contributed by atoms with van der Waals surface area (Å²) in [7, 11) is 0. The minimum Gasteiger partial charge on any atom is -0.452 e. The maximum atomic E-state index is 12.5. The Bertz CT molecular complexity index is 697. The summed E-state index contributed by atoms with van der Waals surface area (Å²) in [6.07, 6.45) is 17.7. The second-order valence-electron chi connectivity index (χ2n) is 8.59. The number of hydrogen-bond donors (Lipinski definition) is 2. The Balaban J connectivity index is 2.46. The monoisotopic (exact) mass is 513 g/mol. The van der Waals surface area contributed by atoms with Gasteiger partial charge in [-0.15, -0.1) is 0 Å². The van der Waals surface area contributed by atoms with Crippen molar-refractivity contribution >= 4 is 35.1 Å². The number of carbonyl (C=O) groups is 2. The normalized spacial score (nSPS) is 13.2. The van der Waals surface area contributed by atoms with Crippen LogP contribution in [0.3, 0.4) is 0 Å². The van der Waals surface area contributed by atoms with Gasteiger partial charge in [-0.1, -0.05) is 119 Å². The molecule has 1 amide bonds. The molecule has 34 heavy (non-hydrogen) atoms. The van der Waals surface area contributed by atoms with Crippen LogP contribution in [0.15, 0.2) is 42.5 Å². The number of rotatable bonds is 19. The Labute approximate surface area is 215 Å². The largest absolute Gasteiger partial charge is 0.452 e. The number of hydrogen-bond acceptors (Lipinski definition) is 4. The van der Waals surface area contributed by atoms with Crippen molar-refractivity contribution in [2.45, 2.75) is 101 Å². The fourth-order valence-electron chi connectivity index (χ4n) is 3.66. The van der Waals surface area contributed by atoms with E-state index in [1.54, 1.807) is 36.4 Å². The summed E-state index contributed by atoms with van der Waals surface area (Å²) >= 11 is 11.2. The van der Waals surface area contributed by atoms with Crippen molar-refractivity contribution in [3.05, 3.63) is 48.0 Å². The summed E-state index contributed by atoms with van der Waals surface area (Å²) in [5, 5.41) is 12.3. The SMILES string of the molecule is CCCCCCCCCCCCC/C=C/[C@@H](OC(=O)c1ccccc1)[C@H](CO)NC(=O)C(Cl)Cl. The number of carbonyl (C=O) groups excluding carboxylic acids is 2. The van der Waals surface area contributed by atoms with Gasteiger partial charge < -0.3 is 15.2 Å². The maximum absolute atomic E-state index is 12.5. The standard InChI is InChI=1S/C27H41Cl2NO4/c1-2-3-4-5-6-7-8-9-10-11-12-13-17-20-24(23(21-31)30-26(32)25(28)29)34-27(33)22-18-15-14-16-19-22/h14-20,23-25,31H,2-13,21H2,1H3,(H,30,32)/b20-17+/t23-,24+/m0/s1. The molecule has 5 nitrogen and oxygen atoms in total. The number of allylic oxidation sites excluding steroid dienone is 1. The third-order valence-corrected chi connectivity index (χ3v) is 6.07. The summed E-state index contributed by atoms with van der Waals surface area (Å²) in [5.41, 5.74) is 0.391. The van der Waals surface area contributed by atoms with Crippen LogP contribution < -0.4 is 5.32 Å². The summed E-state index contributed by atoms with van der Waals surface area (Å²) in [5.74, 6) is -1.19. The van der Waals surface area contributed by atoms with Crippen LogP contribution >= 0.6 is 23.2 Å². The van der Waals surface area contributed by atoms with E-state index in [1.807, 2.05) is 6.08 Å². The number of halogens is 2. The summed E-state index contributed by atoms with van der Waals surface area (Å²) in [6, 6.07) is 7.73. The van der Waals surface area contributed by atoms with Gasteiger partial charge in [0.05, 0.1) is 18.2 Å². The molecule has 0 fully saturated rings. The number of alkyl halides is 2. The van der Waals surface area contributed by atoms with Gasteiger partial charge in [0.1, 0.15) is 6.10 Å². The lowest BCUT2D eigenvalue weighted by Gasteiger charge is -2.24. The molecule has 192 valence electrons. The molecule has 0 aliphatic rings. The number of nitrogens with one attached hydrogen (secondary N) is 1. The molecule has 0 aromatic heterocycles. The van der Waals surface area contributed by atoms with Gasteiger partial charge in [-0.2, -0.15) is 0 Å². The van der Waals surface area contributed by atoms with Crippen molar-refractivity contribution in [3.63, 3.8) is 0 Å². The number of aliphatic hydroxyl groups is 1. The third-order valence-electron chi connectivity index (χ3n) is 5.67. The number of unbranched alkanes of at least 4 members (excludes halogenated alkanes) is 11. The van der Waals surface area contributed by atoms with Crippen molar-refractivity contribution in [2.75, 3.05) is 6.61 Å². The minimum absolute atomic E-state index is 0.391. The van der Waals surface area contributed by atoms with Gasteiger partial charge in [-0.05, 0) is 31.1 Å². The number of ether oxygens (including phenoxy) is 1. The Morgan fingerprint density at radius 3 is 2.03 bits per heavy atom. The van der Waals surface area contributed by atoms with Crippen LogP contribution in [0.5, 0.6) is 0 Å². The number of benzene rings is 1. The highest BCUT2D eigenvalue weighted by atomic mass is 35.5. The molecule has 7 heteroatoms. The molecule has 0 heterocycles. The van der Waals surface area contributed by atoms with Gasteiger partial charge in [0, 0.05) is 0 Å². The highest BCUT2D eigenvalue weighted by Gasteiger charge is 2.26. The van der Waals surface area contributed by atoms with E-state index in [0.717, 1.165) is 19.3 Å². The van der Waals surface area contributed by atoms with E-state index in [-0.39, 0.29) is 0 Å². The molecule has 0 spiro atoms. The molecule has 0 bridgehead atoms. The number of aliphatic hydroxyl groups excluding tert-OH is 1. The zero-order valence-corrected chi connectivity index (χ0v) is 21.9. The van der Waals surface area contributed by atoms with Crippen molar-refractivity contribution in [1.29, 1.82) is 0 Å². The molecule has 1 aromatic carbocycles. The van der Waals surface area contributed by atoms with Crippen LogP contribution in [0.2, 0.25) is 0 Å². The Hall–Kier alpha value is -1.56. The number of esters is 1. The molecule has 0 radical (unpaired) electrons. The quantitative estimate of drug-likeness (QED) is 0.0927.